The first-order chi connectivity index (χ1) is 5.88. The zero-order valence-electron chi connectivity index (χ0n) is 6.84. The van der Waals surface area contributed by atoms with E-state index in [9.17, 15) is 0 Å². The molecule has 0 saturated carbocycles. The van der Waals surface area contributed by atoms with Crippen molar-refractivity contribution in [3.8, 4) is 0 Å². The van der Waals surface area contributed by atoms with Crippen LogP contribution >= 0.6 is 23.7 Å². The summed E-state index contributed by atoms with van der Waals surface area (Å²) in [4.78, 5) is 1.16. The second-order valence-electron chi connectivity index (χ2n) is 2.55. The van der Waals surface area contributed by atoms with Gasteiger partial charge in [-0.2, -0.15) is 0 Å². The Morgan fingerprint density at radius 2 is 2.23 bits per heavy atom. The Balaban J connectivity index is 0.000000845. The van der Waals surface area contributed by atoms with E-state index in [4.69, 9.17) is 10.2 Å². The summed E-state index contributed by atoms with van der Waals surface area (Å²) in [5.41, 5.74) is 6.98. The van der Waals surface area contributed by atoms with Gasteiger partial charge in [-0.05, 0) is 17.5 Å². The third kappa shape index (κ3) is 2.12. The summed E-state index contributed by atoms with van der Waals surface area (Å²) in [6, 6.07) is 5.89. The monoisotopic (exact) mass is 215 g/mol. The van der Waals surface area contributed by atoms with Gasteiger partial charge in [0.2, 0.25) is 0 Å². The average Bonchev–Trinajstić information content (AvgIpc) is 2.77. The fourth-order valence-electron chi connectivity index (χ4n) is 1.08. The molecule has 4 heteroatoms. The molecule has 0 radical (unpaired) electrons. The lowest BCUT2D eigenvalue weighted by atomic mass is 10.1. The van der Waals surface area contributed by atoms with Crippen LogP contribution in [0.5, 0.6) is 0 Å². The average molecular weight is 216 g/mol. The van der Waals surface area contributed by atoms with Crippen LogP contribution in [0.1, 0.15) is 16.5 Å². The highest BCUT2D eigenvalue weighted by Gasteiger charge is 2.09. The van der Waals surface area contributed by atoms with E-state index in [-0.39, 0.29) is 18.4 Å². The van der Waals surface area contributed by atoms with Crippen LogP contribution in [0.3, 0.4) is 0 Å². The Kier molecular flexibility index (Phi) is 3.54. The fraction of sp³-hybridized carbons (Fsp3) is 0.111. The second kappa shape index (κ2) is 4.46. The van der Waals surface area contributed by atoms with Crippen molar-refractivity contribution in [2.45, 2.75) is 6.04 Å². The second-order valence-corrected chi connectivity index (χ2v) is 3.53. The molecule has 2 rings (SSSR count). The maximum Gasteiger partial charge on any atom is 0.0954 e. The van der Waals surface area contributed by atoms with Gasteiger partial charge in [0.15, 0.2) is 0 Å². The SMILES string of the molecule is Cl.N[C@@H](c1ccoc1)c1cccs1. The van der Waals surface area contributed by atoms with Gasteiger partial charge in [0.25, 0.3) is 0 Å². The van der Waals surface area contributed by atoms with Crippen LogP contribution < -0.4 is 5.73 Å². The van der Waals surface area contributed by atoms with E-state index in [1.165, 1.54) is 0 Å². The van der Waals surface area contributed by atoms with Crippen molar-refractivity contribution in [2.75, 3.05) is 0 Å². The molecule has 2 heterocycles. The highest BCUT2D eigenvalue weighted by Crippen LogP contribution is 2.23. The number of rotatable bonds is 2. The Labute approximate surface area is 86.8 Å². The van der Waals surface area contributed by atoms with Gasteiger partial charge in [0.1, 0.15) is 0 Å². The van der Waals surface area contributed by atoms with Gasteiger partial charge in [-0.25, -0.2) is 0 Å². The van der Waals surface area contributed by atoms with Crippen LogP contribution in [0.4, 0.5) is 0 Å². The van der Waals surface area contributed by atoms with Crippen LogP contribution in [0.25, 0.3) is 0 Å². The molecule has 13 heavy (non-hydrogen) atoms. The molecule has 0 bridgehead atoms. The van der Waals surface area contributed by atoms with Crippen molar-refractivity contribution >= 4 is 23.7 Å². The number of hydrogen-bond acceptors (Lipinski definition) is 3. The molecule has 0 aliphatic rings. The molecule has 0 aliphatic heterocycles. The van der Waals surface area contributed by atoms with E-state index >= 15 is 0 Å². The van der Waals surface area contributed by atoms with Crippen LogP contribution in [0.2, 0.25) is 0 Å². The summed E-state index contributed by atoms with van der Waals surface area (Å²) in [5, 5.41) is 2.02. The van der Waals surface area contributed by atoms with Crippen LogP contribution in [-0.2, 0) is 0 Å². The minimum atomic E-state index is -0.0382. The maximum atomic E-state index is 5.96. The van der Waals surface area contributed by atoms with E-state index in [0.29, 0.717) is 0 Å². The molecule has 0 aliphatic carbocycles. The van der Waals surface area contributed by atoms with Crippen LogP contribution in [-0.4, -0.2) is 0 Å². The molecule has 1 atom stereocenters. The largest absolute Gasteiger partial charge is 0.472 e. The minimum absolute atomic E-state index is 0. The van der Waals surface area contributed by atoms with E-state index in [2.05, 4.69) is 0 Å². The highest BCUT2D eigenvalue weighted by atomic mass is 35.5. The lowest BCUT2D eigenvalue weighted by Crippen LogP contribution is -2.08. The number of nitrogens with two attached hydrogens (primary N) is 1. The van der Waals surface area contributed by atoms with Gasteiger partial charge in [-0.1, -0.05) is 6.07 Å². The summed E-state index contributed by atoms with van der Waals surface area (Å²) in [5.74, 6) is 0. The van der Waals surface area contributed by atoms with Gasteiger partial charge in [-0.15, -0.1) is 23.7 Å². The van der Waals surface area contributed by atoms with Gasteiger partial charge in [-0.3, -0.25) is 0 Å². The zero-order valence-corrected chi connectivity index (χ0v) is 8.48. The zero-order chi connectivity index (χ0) is 8.39. The smallest absolute Gasteiger partial charge is 0.0954 e. The first-order valence-electron chi connectivity index (χ1n) is 3.69. The van der Waals surface area contributed by atoms with Crippen molar-refractivity contribution in [1.82, 2.24) is 0 Å². The Hall–Kier alpha value is -0.770. The molecule has 2 aromatic heterocycles. The van der Waals surface area contributed by atoms with Crippen LogP contribution in [0, 0.1) is 0 Å². The van der Waals surface area contributed by atoms with Crippen molar-refractivity contribution < 1.29 is 4.42 Å². The van der Waals surface area contributed by atoms with E-state index < -0.39 is 0 Å². The first kappa shape index (κ1) is 10.3. The van der Waals surface area contributed by atoms with Crippen molar-refractivity contribution in [2.24, 2.45) is 5.73 Å². The van der Waals surface area contributed by atoms with E-state index in [0.717, 1.165) is 10.4 Å². The molecule has 0 fully saturated rings. The van der Waals surface area contributed by atoms with E-state index in [1.54, 1.807) is 23.9 Å². The van der Waals surface area contributed by atoms with Crippen molar-refractivity contribution in [1.29, 1.82) is 0 Å². The molecule has 0 aromatic carbocycles. The van der Waals surface area contributed by atoms with Crippen LogP contribution in [0.15, 0.2) is 40.5 Å². The summed E-state index contributed by atoms with van der Waals surface area (Å²) < 4.78 is 4.96. The number of furan rings is 1. The molecule has 2 nitrogen and oxygen atoms in total. The molecule has 0 spiro atoms. The predicted molar refractivity (Wildman–Crippen MR) is 56.3 cm³/mol. The molecule has 0 unspecified atom stereocenters. The summed E-state index contributed by atoms with van der Waals surface area (Å²) >= 11 is 1.66. The Morgan fingerprint density at radius 3 is 2.77 bits per heavy atom. The van der Waals surface area contributed by atoms with E-state index in [1.807, 2.05) is 23.6 Å². The molecule has 2 N–H and O–H groups in total. The Morgan fingerprint density at radius 1 is 1.38 bits per heavy atom. The third-order valence-corrected chi connectivity index (χ3v) is 2.71. The fourth-order valence-corrected chi connectivity index (χ4v) is 1.84. The Bertz CT molecular complexity index is 296. The molecule has 0 amide bonds. The number of thiophene rings is 1. The molecule has 70 valence electrons. The predicted octanol–water partition coefficient (Wildman–Crippen LogP) is 2.81. The molecular weight excluding hydrogens is 206 g/mol. The van der Waals surface area contributed by atoms with Gasteiger partial charge >= 0.3 is 0 Å². The molecule has 2 aromatic rings. The van der Waals surface area contributed by atoms with Gasteiger partial charge < -0.3 is 10.2 Å². The first-order valence-corrected chi connectivity index (χ1v) is 4.57. The number of hydrogen-bond donors (Lipinski definition) is 1. The third-order valence-electron chi connectivity index (χ3n) is 1.75. The summed E-state index contributed by atoms with van der Waals surface area (Å²) in [6.07, 6.45) is 3.33. The lowest BCUT2D eigenvalue weighted by Gasteiger charge is -2.04. The van der Waals surface area contributed by atoms with Crippen molar-refractivity contribution in [3.63, 3.8) is 0 Å². The van der Waals surface area contributed by atoms with Gasteiger partial charge in [0, 0.05) is 10.4 Å². The standard InChI is InChI=1S/C9H9NOS.ClH/c10-9(7-3-4-11-6-7)8-2-1-5-12-8;/h1-6,9H,10H2;1H/t9-;/m0./s1. The van der Waals surface area contributed by atoms with Gasteiger partial charge in [0.05, 0.1) is 18.6 Å². The minimum Gasteiger partial charge on any atom is -0.472 e. The lowest BCUT2D eigenvalue weighted by molar-refractivity contribution is 0.562. The highest BCUT2D eigenvalue weighted by molar-refractivity contribution is 7.10. The quantitative estimate of drug-likeness (QED) is 0.837. The normalized spacial score (nSPS) is 12.1. The summed E-state index contributed by atoms with van der Waals surface area (Å²) in [6.45, 7) is 0. The maximum absolute atomic E-state index is 5.96. The molecular formula is C9H10ClNOS. The van der Waals surface area contributed by atoms with Crippen molar-refractivity contribution in [3.05, 3.63) is 46.5 Å². The number of halogens is 1. The molecule has 0 saturated heterocycles. The topological polar surface area (TPSA) is 39.2 Å². The summed E-state index contributed by atoms with van der Waals surface area (Å²) in [7, 11) is 0.